The molecule has 0 bridgehead atoms. The van der Waals surface area contributed by atoms with Gasteiger partial charge in [-0.05, 0) is 43.7 Å². The Morgan fingerprint density at radius 3 is 2.74 bits per heavy atom. The largest absolute Gasteiger partial charge is 0.477 e. The average molecular weight is 362 g/mol. The number of hydrogen-bond acceptors (Lipinski definition) is 5. The van der Waals surface area contributed by atoms with Crippen LogP contribution in [0.4, 0.5) is 11.6 Å². The van der Waals surface area contributed by atoms with Crippen molar-refractivity contribution in [3.63, 3.8) is 0 Å². The molecule has 0 aliphatic heterocycles. The van der Waals surface area contributed by atoms with Crippen LogP contribution in [0.25, 0.3) is 22.3 Å². The molecule has 8 heteroatoms. The van der Waals surface area contributed by atoms with Crippen molar-refractivity contribution in [3.8, 4) is 11.4 Å². The van der Waals surface area contributed by atoms with E-state index in [1.165, 1.54) is 0 Å². The van der Waals surface area contributed by atoms with Crippen LogP contribution in [-0.4, -0.2) is 35.6 Å². The summed E-state index contributed by atoms with van der Waals surface area (Å²) < 4.78 is 1.94. The molecule has 8 nitrogen and oxygen atoms in total. The van der Waals surface area contributed by atoms with Crippen molar-refractivity contribution in [3.05, 3.63) is 53.7 Å². The van der Waals surface area contributed by atoms with Gasteiger partial charge in [0, 0.05) is 35.5 Å². The second-order valence-corrected chi connectivity index (χ2v) is 6.43. The van der Waals surface area contributed by atoms with Gasteiger partial charge in [0.05, 0.1) is 12.0 Å². The molecule has 0 radical (unpaired) electrons. The van der Waals surface area contributed by atoms with E-state index in [0.29, 0.717) is 5.95 Å². The number of carboxylic acids is 1. The van der Waals surface area contributed by atoms with Crippen LogP contribution in [0, 0.1) is 13.8 Å². The molecule has 0 aliphatic carbocycles. The monoisotopic (exact) mass is 362 g/mol. The second-order valence-electron chi connectivity index (χ2n) is 6.43. The van der Waals surface area contributed by atoms with Gasteiger partial charge in [-0.15, -0.1) is 0 Å². The number of rotatable bonds is 4. The number of anilines is 2. The minimum atomic E-state index is -0.984. The van der Waals surface area contributed by atoms with E-state index in [0.717, 1.165) is 39.2 Å². The lowest BCUT2D eigenvalue weighted by Gasteiger charge is -2.08. The summed E-state index contributed by atoms with van der Waals surface area (Å²) in [5, 5.41) is 13.2. The first-order valence-electron chi connectivity index (χ1n) is 8.37. The van der Waals surface area contributed by atoms with Crippen molar-refractivity contribution in [1.29, 1.82) is 0 Å². The van der Waals surface area contributed by atoms with Gasteiger partial charge < -0.3 is 20.0 Å². The lowest BCUT2D eigenvalue weighted by Crippen LogP contribution is -1.99. The molecule has 3 aromatic heterocycles. The van der Waals surface area contributed by atoms with Crippen LogP contribution in [0.15, 0.2) is 36.8 Å². The Hall–Kier alpha value is -3.68. The number of carboxylic acid groups (broad SMARTS) is 1. The van der Waals surface area contributed by atoms with Gasteiger partial charge in [-0.1, -0.05) is 0 Å². The van der Waals surface area contributed by atoms with E-state index in [4.69, 9.17) is 5.11 Å². The minimum Gasteiger partial charge on any atom is -0.477 e. The lowest BCUT2D eigenvalue weighted by atomic mass is 10.1. The van der Waals surface area contributed by atoms with E-state index >= 15 is 0 Å². The molecule has 0 saturated heterocycles. The highest BCUT2D eigenvalue weighted by atomic mass is 16.4. The topological polar surface area (TPSA) is 109 Å². The number of aryl methyl sites for hydroxylation is 2. The molecular formula is C19H18N6O2. The highest BCUT2D eigenvalue weighted by molar-refractivity contribution is 5.96. The summed E-state index contributed by atoms with van der Waals surface area (Å²) in [6.45, 7) is 3.91. The summed E-state index contributed by atoms with van der Waals surface area (Å²) in [6.07, 6.45) is 3.44. The first-order valence-corrected chi connectivity index (χ1v) is 8.37. The molecule has 0 aliphatic rings. The first kappa shape index (κ1) is 16.8. The number of carbonyl (C=O) groups is 1. The Morgan fingerprint density at radius 1 is 1.22 bits per heavy atom. The predicted molar refractivity (Wildman–Crippen MR) is 102 cm³/mol. The average Bonchev–Trinajstić information content (AvgIpc) is 3.20. The fourth-order valence-corrected chi connectivity index (χ4v) is 3.04. The van der Waals surface area contributed by atoms with Crippen molar-refractivity contribution in [2.45, 2.75) is 13.8 Å². The quantitative estimate of drug-likeness (QED) is 0.513. The van der Waals surface area contributed by atoms with E-state index in [9.17, 15) is 4.79 Å². The number of benzene rings is 1. The zero-order valence-electron chi connectivity index (χ0n) is 15.1. The van der Waals surface area contributed by atoms with Crippen molar-refractivity contribution >= 4 is 28.5 Å². The van der Waals surface area contributed by atoms with Crippen molar-refractivity contribution in [1.82, 2.24) is 24.5 Å². The zero-order valence-corrected chi connectivity index (χ0v) is 15.1. The van der Waals surface area contributed by atoms with Crippen LogP contribution in [0.1, 0.15) is 21.7 Å². The predicted octanol–water partition coefficient (Wildman–Crippen LogP) is 3.42. The van der Waals surface area contributed by atoms with Crippen LogP contribution in [0.3, 0.4) is 0 Å². The number of H-pyrrole nitrogens is 1. The normalized spacial score (nSPS) is 11.1. The third-order valence-electron chi connectivity index (χ3n) is 4.54. The molecule has 0 spiro atoms. The molecule has 1 aromatic carbocycles. The van der Waals surface area contributed by atoms with Gasteiger partial charge in [-0.2, -0.15) is 0 Å². The number of fused-ring (bicyclic) bond motifs is 1. The Balaban J connectivity index is 1.69. The molecule has 3 N–H and O–H groups in total. The first-order chi connectivity index (χ1) is 12.9. The van der Waals surface area contributed by atoms with E-state index in [2.05, 4.69) is 25.3 Å². The van der Waals surface area contributed by atoms with Gasteiger partial charge >= 0.3 is 5.97 Å². The van der Waals surface area contributed by atoms with Gasteiger partial charge in [-0.3, -0.25) is 0 Å². The Kier molecular flexibility index (Phi) is 3.88. The second kappa shape index (κ2) is 6.24. The molecular weight excluding hydrogens is 344 g/mol. The van der Waals surface area contributed by atoms with Crippen LogP contribution in [0.2, 0.25) is 0 Å². The Bertz CT molecular complexity index is 1170. The molecule has 136 valence electrons. The van der Waals surface area contributed by atoms with Gasteiger partial charge in [0.25, 0.3) is 0 Å². The Morgan fingerprint density at radius 2 is 2.04 bits per heavy atom. The molecule has 4 rings (SSSR count). The fourth-order valence-electron chi connectivity index (χ4n) is 3.04. The smallest absolute Gasteiger partial charge is 0.352 e. The number of aromatic amines is 1. The summed E-state index contributed by atoms with van der Waals surface area (Å²) >= 11 is 0. The molecule has 0 atom stereocenters. The van der Waals surface area contributed by atoms with Crippen molar-refractivity contribution in [2.75, 3.05) is 5.32 Å². The highest BCUT2D eigenvalue weighted by Gasteiger charge is 2.12. The zero-order chi connectivity index (χ0) is 19.1. The third-order valence-corrected chi connectivity index (χ3v) is 4.54. The summed E-state index contributed by atoms with van der Waals surface area (Å²) in [5.74, 6) is -0.535. The highest BCUT2D eigenvalue weighted by Crippen LogP contribution is 2.26. The number of aromatic nitrogens is 5. The maximum atomic E-state index is 11.2. The summed E-state index contributed by atoms with van der Waals surface area (Å²) in [5.41, 5.74) is 5.24. The maximum Gasteiger partial charge on any atom is 0.352 e. The third kappa shape index (κ3) is 3.01. The van der Waals surface area contributed by atoms with Gasteiger partial charge in [0.15, 0.2) is 0 Å². The van der Waals surface area contributed by atoms with Crippen LogP contribution < -0.4 is 5.32 Å². The Labute approximate surface area is 154 Å². The molecule has 3 heterocycles. The van der Waals surface area contributed by atoms with Gasteiger partial charge in [0.2, 0.25) is 5.95 Å². The van der Waals surface area contributed by atoms with Crippen molar-refractivity contribution in [2.24, 2.45) is 7.05 Å². The van der Waals surface area contributed by atoms with E-state index in [1.807, 2.05) is 43.7 Å². The standard InChI is InChI=1S/C19H18N6O2/c1-10-6-13(7-12-8-15(18(26)27)23-16(10)12)22-19-20-5-4-14(24-19)17-11(2)25(3)9-21-17/h4-9,23H,1-3H3,(H,26,27)(H,20,22,24). The summed E-state index contributed by atoms with van der Waals surface area (Å²) in [7, 11) is 1.94. The van der Waals surface area contributed by atoms with Crippen LogP contribution in [-0.2, 0) is 7.05 Å². The van der Waals surface area contributed by atoms with E-state index in [1.54, 1.807) is 18.6 Å². The number of nitrogens with one attached hydrogen (secondary N) is 2. The number of nitrogens with zero attached hydrogens (tertiary/aromatic N) is 4. The van der Waals surface area contributed by atoms with Gasteiger partial charge in [-0.25, -0.2) is 19.7 Å². The van der Waals surface area contributed by atoms with Crippen LogP contribution in [0.5, 0.6) is 0 Å². The van der Waals surface area contributed by atoms with E-state index < -0.39 is 5.97 Å². The minimum absolute atomic E-state index is 0.161. The summed E-state index contributed by atoms with van der Waals surface area (Å²) in [4.78, 5) is 27.3. The molecule has 4 aromatic rings. The number of imidazole rings is 1. The fraction of sp³-hybridized carbons (Fsp3) is 0.158. The van der Waals surface area contributed by atoms with E-state index in [-0.39, 0.29) is 5.69 Å². The lowest BCUT2D eigenvalue weighted by molar-refractivity contribution is 0.0691. The molecule has 0 saturated carbocycles. The molecule has 27 heavy (non-hydrogen) atoms. The maximum absolute atomic E-state index is 11.2. The molecule has 0 amide bonds. The molecule has 0 fully saturated rings. The number of hydrogen-bond donors (Lipinski definition) is 3. The van der Waals surface area contributed by atoms with Gasteiger partial charge in [0.1, 0.15) is 11.4 Å². The molecule has 0 unspecified atom stereocenters. The summed E-state index contributed by atoms with van der Waals surface area (Å²) in [6, 6.07) is 7.23. The van der Waals surface area contributed by atoms with Crippen LogP contribution >= 0.6 is 0 Å². The van der Waals surface area contributed by atoms with Crippen molar-refractivity contribution < 1.29 is 9.90 Å². The number of aromatic carboxylic acids is 1. The SMILES string of the molecule is Cc1cc(Nc2nccc(-c3ncn(C)c3C)n2)cc2cc(C(=O)O)[nH]c12.